The van der Waals surface area contributed by atoms with Crippen molar-refractivity contribution in [1.29, 1.82) is 5.26 Å². The number of methoxy groups -OCH3 is 1. The minimum atomic E-state index is -0.692. The van der Waals surface area contributed by atoms with Crippen LogP contribution in [0, 0.1) is 23.0 Å². The molecule has 1 aliphatic heterocycles. The molecule has 1 fully saturated rings. The van der Waals surface area contributed by atoms with E-state index in [1.165, 1.54) is 31.4 Å². The Labute approximate surface area is 156 Å². The summed E-state index contributed by atoms with van der Waals surface area (Å²) in [5, 5.41) is 8.81. The number of hydrogen-bond acceptors (Lipinski definition) is 5. The normalized spacial score (nSPS) is 14.7. The minimum Gasteiger partial charge on any atom is -0.465 e. The highest BCUT2D eigenvalue weighted by Crippen LogP contribution is 2.21. The highest BCUT2D eigenvalue weighted by atomic mass is 19.1. The van der Waals surface area contributed by atoms with Crippen molar-refractivity contribution in [3.05, 3.63) is 64.7 Å². The first-order chi connectivity index (χ1) is 13.0. The molecule has 0 spiro atoms. The van der Waals surface area contributed by atoms with Crippen molar-refractivity contribution in [1.82, 2.24) is 4.90 Å². The lowest BCUT2D eigenvalue weighted by atomic mass is 10.1. The largest absolute Gasteiger partial charge is 0.465 e. The highest BCUT2D eigenvalue weighted by Gasteiger charge is 2.19. The molecule has 27 heavy (non-hydrogen) atoms. The van der Waals surface area contributed by atoms with Crippen LogP contribution in [0.4, 0.5) is 14.5 Å². The van der Waals surface area contributed by atoms with Gasteiger partial charge in [0.05, 0.1) is 18.2 Å². The third-order valence-electron chi connectivity index (χ3n) is 4.66. The molecule has 0 radical (unpaired) electrons. The van der Waals surface area contributed by atoms with Gasteiger partial charge in [0, 0.05) is 38.4 Å². The number of carbonyl (C=O) groups is 1. The summed E-state index contributed by atoms with van der Waals surface area (Å²) < 4.78 is 32.4. The number of carbonyl (C=O) groups excluding carboxylic acids is 1. The zero-order valence-corrected chi connectivity index (χ0v) is 14.9. The van der Waals surface area contributed by atoms with Gasteiger partial charge < -0.3 is 9.64 Å². The maximum Gasteiger partial charge on any atom is 0.340 e. The van der Waals surface area contributed by atoms with Crippen LogP contribution in [-0.4, -0.2) is 44.2 Å². The van der Waals surface area contributed by atoms with E-state index >= 15 is 0 Å². The summed E-state index contributed by atoms with van der Waals surface area (Å²) in [7, 11) is 1.22. The molecule has 0 unspecified atom stereocenters. The summed E-state index contributed by atoms with van der Waals surface area (Å²) in [5.41, 5.74) is 1.49. The van der Waals surface area contributed by atoms with Gasteiger partial charge in [-0.2, -0.15) is 5.26 Å². The Hall–Kier alpha value is -2.98. The van der Waals surface area contributed by atoms with Crippen LogP contribution < -0.4 is 4.90 Å². The lowest BCUT2D eigenvalue weighted by Crippen LogP contribution is -2.46. The molecule has 0 aromatic heterocycles. The van der Waals surface area contributed by atoms with E-state index in [1.54, 1.807) is 12.1 Å². The number of piperazine rings is 1. The zero-order valence-electron chi connectivity index (χ0n) is 14.9. The highest BCUT2D eigenvalue weighted by molar-refractivity contribution is 5.89. The number of halogens is 2. The quantitative estimate of drug-likeness (QED) is 0.774. The predicted molar refractivity (Wildman–Crippen MR) is 96.3 cm³/mol. The predicted octanol–water partition coefficient (Wildman–Crippen LogP) is 2.95. The number of nitriles is 1. The van der Waals surface area contributed by atoms with Gasteiger partial charge >= 0.3 is 5.97 Å². The van der Waals surface area contributed by atoms with Gasteiger partial charge in [0.15, 0.2) is 0 Å². The van der Waals surface area contributed by atoms with Crippen LogP contribution in [0.2, 0.25) is 0 Å². The molecular weight excluding hydrogens is 352 g/mol. The van der Waals surface area contributed by atoms with Crippen molar-refractivity contribution in [3.63, 3.8) is 0 Å². The Kier molecular flexibility index (Phi) is 5.67. The fourth-order valence-corrected chi connectivity index (χ4v) is 3.15. The SMILES string of the molecule is COC(=O)c1ccc(CN2CCN(c3ccc(C#N)c(F)c3)CC2)cc1F. The second kappa shape index (κ2) is 8.14. The van der Waals surface area contributed by atoms with Gasteiger partial charge in [-0.1, -0.05) is 6.07 Å². The van der Waals surface area contributed by atoms with E-state index in [1.807, 2.05) is 6.07 Å². The van der Waals surface area contributed by atoms with Gasteiger partial charge in [0.1, 0.15) is 17.7 Å². The van der Waals surface area contributed by atoms with Crippen LogP contribution in [0.5, 0.6) is 0 Å². The third-order valence-corrected chi connectivity index (χ3v) is 4.66. The number of rotatable bonds is 4. The number of esters is 1. The Morgan fingerprint density at radius 2 is 1.85 bits per heavy atom. The van der Waals surface area contributed by atoms with Crippen molar-refractivity contribution >= 4 is 11.7 Å². The molecule has 1 heterocycles. The number of anilines is 1. The van der Waals surface area contributed by atoms with Crippen molar-refractivity contribution in [2.24, 2.45) is 0 Å². The van der Waals surface area contributed by atoms with E-state index in [2.05, 4.69) is 14.5 Å². The van der Waals surface area contributed by atoms with Crippen LogP contribution >= 0.6 is 0 Å². The lowest BCUT2D eigenvalue weighted by molar-refractivity contribution is 0.0595. The molecule has 0 N–H and O–H groups in total. The zero-order chi connectivity index (χ0) is 19.4. The second-order valence-electron chi connectivity index (χ2n) is 6.34. The number of nitrogens with zero attached hydrogens (tertiary/aromatic N) is 3. The maximum atomic E-state index is 14.0. The molecule has 5 nitrogen and oxygen atoms in total. The van der Waals surface area contributed by atoms with Crippen LogP contribution in [0.1, 0.15) is 21.5 Å². The second-order valence-corrected chi connectivity index (χ2v) is 6.34. The topological polar surface area (TPSA) is 56.6 Å². The number of benzene rings is 2. The van der Waals surface area contributed by atoms with Crippen molar-refractivity contribution in [3.8, 4) is 6.07 Å². The van der Waals surface area contributed by atoms with Crippen LogP contribution in [0.25, 0.3) is 0 Å². The summed E-state index contributed by atoms with van der Waals surface area (Å²) in [6.07, 6.45) is 0. The van der Waals surface area contributed by atoms with E-state index in [4.69, 9.17) is 5.26 Å². The summed E-state index contributed by atoms with van der Waals surface area (Å²) in [5.74, 6) is -1.80. The smallest absolute Gasteiger partial charge is 0.340 e. The van der Waals surface area contributed by atoms with E-state index < -0.39 is 17.6 Å². The fourth-order valence-electron chi connectivity index (χ4n) is 3.15. The molecule has 0 saturated carbocycles. The molecule has 3 rings (SSSR count). The molecule has 140 valence electrons. The van der Waals surface area contributed by atoms with E-state index in [0.29, 0.717) is 19.6 Å². The van der Waals surface area contributed by atoms with Crippen LogP contribution in [-0.2, 0) is 11.3 Å². The first kappa shape index (κ1) is 18.8. The Bertz CT molecular complexity index is 887. The average Bonchev–Trinajstić information content (AvgIpc) is 2.68. The summed E-state index contributed by atoms with van der Waals surface area (Å²) in [6, 6.07) is 11.0. The van der Waals surface area contributed by atoms with Crippen molar-refractivity contribution in [2.75, 3.05) is 38.2 Å². The molecular formula is C20H19F2N3O2. The molecule has 1 saturated heterocycles. The first-order valence-corrected chi connectivity index (χ1v) is 8.55. The van der Waals surface area contributed by atoms with E-state index in [0.717, 1.165) is 24.3 Å². The number of hydrogen-bond donors (Lipinski definition) is 0. The van der Waals surface area contributed by atoms with Gasteiger partial charge in [-0.15, -0.1) is 0 Å². The summed E-state index contributed by atoms with van der Waals surface area (Å²) in [6.45, 7) is 3.44. The van der Waals surface area contributed by atoms with Crippen LogP contribution in [0.15, 0.2) is 36.4 Å². The van der Waals surface area contributed by atoms with Crippen molar-refractivity contribution in [2.45, 2.75) is 6.54 Å². The van der Waals surface area contributed by atoms with Gasteiger partial charge in [0.2, 0.25) is 0 Å². The molecule has 0 bridgehead atoms. The van der Waals surface area contributed by atoms with Gasteiger partial charge in [-0.05, 0) is 35.9 Å². The molecule has 2 aromatic carbocycles. The monoisotopic (exact) mass is 371 g/mol. The average molecular weight is 371 g/mol. The molecule has 0 atom stereocenters. The Morgan fingerprint density at radius 3 is 2.44 bits per heavy atom. The maximum absolute atomic E-state index is 14.0. The molecule has 7 heteroatoms. The van der Waals surface area contributed by atoms with Gasteiger partial charge in [-0.3, -0.25) is 4.90 Å². The fraction of sp³-hybridized carbons (Fsp3) is 0.300. The first-order valence-electron chi connectivity index (χ1n) is 8.55. The molecule has 0 amide bonds. The minimum absolute atomic E-state index is 0.0369. The third kappa shape index (κ3) is 4.23. The molecule has 1 aliphatic rings. The lowest BCUT2D eigenvalue weighted by Gasteiger charge is -2.36. The molecule has 2 aromatic rings. The van der Waals surface area contributed by atoms with E-state index in [-0.39, 0.29) is 11.1 Å². The summed E-state index contributed by atoms with van der Waals surface area (Å²) in [4.78, 5) is 15.7. The Balaban J connectivity index is 1.60. The van der Waals surface area contributed by atoms with Crippen molar-refractivity contribution < 1.29 is 18.3 Å². The number of ether oxygens (including phenoxy) is 1. The van der Waals surface area contributed by atoms with Gasteiger partial charge in [-0.25, -0.2) is 13.6 Å². The standard InChI is InChI=1S/C20H19F2N3O2/c1-27-20(26)17-5-2-14(10-19(17)22)13-24-6-8-25(9-7-24)16-4-3-15(12-23)18(21)11-16/h2-5,10-11H,6-9,13H2,1H3. The van der Waals surface area contributed by atoms with E-state index in [9.17, 15) is 13.6 Å². The van der Waals surface area contributed by atoms with Crippen LogP contribution in [0.3, 0.4) is 0 Å². The summed E-state index contributed by atoms with van der Waals surface area (Å²) >= 11 is 0. The molecule has 0 aliphatic carbocycles. The Morgan fingerprint density at radius 1 is 1.11 bits per heavy atom. The van der Waals surface area contributed by atoms with Gasteiger partial charge in [0.25, 0.3) is 0 Å².